The lowest BCUT2D eigenvalue weighted by atomic mass is 9.98. The van der Waals surface area contributed by atoms with E-state index in [-0.39, 0.29) is 30.1 Å². The van der Waals surface area contributed by atoms with Crippen LogP contribution in [-0.4, -0.2) is 78.8 Å². The van der Waals surface area contributed by atoms with Crippen molar-refractivity contribution in [3.05, 3.63) is 0 Å². The summed E-state index contributed by atoms with van der Waals surface area (Å²) in [5, 5.41) is 7.02. The SMILES string of the molecule is CCNC(=NCC1CCCN(C(=O)OC(C)(C)C)C1)NC1CCN(C(C)C)CC1.I. The van der Waals surface area contributed by atoms with Gasteiger partial charge in [0.1, 0.15) is 5.60 Å². The highest BCUT2D eigenvalue weighted by atomic mass is 127. The molecule has 0 spiro atoms. The first kappa shape index (κ1) is 27.3. The van der Waals surface area contributed by atoms with Crippen LogP contribution in [0, 0.1) is 5.92 Å². The summed E-state index contributed by atoms with van der Waals surface area (Å²) in [6, 6.07) is 1.10. The second-order valence-corrected chi connectivity index (χ2v) is 9.70. The smallest absolute Gasteiger partial charge is 0.410 e. The molecule has 8 heteroatoms. The molecule has 0 aromatic rings. The van der Waals surface area contributed by atoms with Crippen molar-refractivity contribution in [3.63, 3.8) is 0 Å². The summed E-state index contributed by atoms with van der Waals surface area (Å²) >= 11 is 0. The van der Waals surface area contributed by atoms with Crippen LogP contribution in [0.4, 0.5) is 4.79 Å². The predicted octanol–water partition coefficient (Wildman–Crippen LogP) is 3.68. The number of halogens is 1. The second-order valence-electron chi connectivity index (χ2n) is 9.70. The number of hydrogen-bond donors (Lipinski definition) is 2. The lowest BCUT2D eigenvalue weighted by molar-refractivity contribution is 0.0170. The molecule has 1 unspecified atom stereocenters. The minimum atomic E-state index is -0.449. The van der Waals surface area contributed by atoms with E-state index in [0.29, 0.717) is 18.0 Å². The zero-order chi connectivity index (χ0) is 21.4. The molecule has 2 N–H and O–H groups in total. The van der Waals surface area contributed by atoms with Crippen LogP contribution in [0.25, 0.3) is 0 Å². The van der Waals surface area contributed by atoms with Crippen molar-refractivity contribution in [3.8, 4) is 0 Å². The number of piperidine rings is 2. The first-order chi connectivity index (χ1) is 13.7. The van der Waals surface area contributed by atoms with Gasteiger partial charge in [0.15, 0.2) is 5.96 Å². The molecular weight excluding hydrogens is 493 g/mol. The molecule has 0 aromatic carbocycles. The summed E-state index contributed by atoms with van der Waals surface area (Å²) in [5.74, 6) is 1.29. The van der Waals surface area contributed by atoms with Crippen molar-refractivity contribution in [1.29, 1.82) is 0 Å². The van der Waals surface area contributed by atoms with Gasteiger partial charge in [-0.25, -0.2) is 4.79 Å². The van der Waals surface area contributed by atoms with Crippen LogP contribution < -0.4 is 10.6 Å². The van der Waals surface area contributed by atoms with E-state index in [0.717, 1.165) is 70.9 Å². The molecule has 30 heavy (non-hydrogen) atoms. The molecule has 2 fully saturated rings. The van der Waals surface area contributed by atoms with Gasteiger partial charge in [0.05, 0.1) is 0 Å². The monoisotopic (exact) mass is 537 g/mol. The van der Waals surface area contributed by atoms with Crippen molar-refractivity contribution < 1.29 is 9.53 Å². The number of amides is 1. The number of nitrogens with zero attached hydrogens (tertiary/aromatic N) is 3. The van der Waals surface area contributed by atoms with Gasteiger partial charge in [-0.3, -0.25) is 4.99 Å². The third-order valence-electron chi connectivity index (χ3n) is 5.62. The van der Waals surface area contributed by atoms with E-state index in [2.05, 4.69) is 36.3 Å². The fourth-order valence-corrected chi connectivity index (χ4v) is 4.00. The number of rotatable bonds is 5. The Kier molecular flexibility index (Phi) is 11.8. The Balaban J connectivity index is 0.00000450. The van der Waals surface area contributed by atoms with Gasteiger partial charge in [0, 0.05) is 51.4 Å². The average molecular weight is 538 g/mol. The summed E-state index contributed by atoms with van der Waals surface area (Å²) in [6.07, 6.45) is 4.22. The molecule has 176 valence electrons. The number of nitrogens with one attached hydrogen (secondary N) is 2. The first-order valence-corrected chi connectivity index (χ1v) is 11.4. The minimum Gasteiger partial charge on any atom is -0.444 e. The molecule has 0 aromatic heterocycles. The van der Waals surface area contributed by atoms with Crippen LogP contribution in [0.1, 0.15) is 67.2 Å². The van der Waals surface area contributed by atoms with Crippen LogP contribution in [0.2, 0.25) is 0 Å². The molecule has 2 saturated heterocycles. The minimum absolute atomic E-state index is 0. The maximum Gasteiger partial charge on any atom is 0.410 e. The van der Waals surface area contributed by atoms with Gasteiger partial charge in [0.2, 0.25) is 0 Å². The van der Waals surface area contributed by atoms with E-state index >= 15 is 0 Å². The van der Waals surface area contributed by atoms with E-state index in [1.165, 1.54) is 0 Å². The highest BCUT2D eigenvalue weighted by Crippen LogP contribution is 2.20. The van der Waals surface area contributed by atoms with Crippen LogP contribution >= 0.6 is 24.0 Å². The number of carbonyl (C=O) groups is 1. The molecular formula is C22H44IN5O2. The molecule has 2 aliphatic heterocycles. The molecule has 2 heterocycles. The summed E-state index contributed by atoms with van der Waals surface area (Å²) in [4.78, 5) is 21.6. The number of guanidine groups is 1. The highest BCUT2D eigenvalue weighted by molar-refractivity contribution is 14.0. The van der Waals surface area contributed by atoms with E-state index < -0.39 is 5.60 Å². The second kappa shape index (κ2) is 12.9. The van der Waals surface area contributed by atoms with Crippen LogP contribution in [0.3, 0.4) is 0 Å². The Morgan fingerprint density at radius 3 is 2.40 bits per heavy atom. The van der Waals surface area contributed by atoms with Crippen molar-refractivity contribution in [1.82, 2.24) is 20.4 Å². The normalized spacial score (nSPS) is 21.9. The lowest BCUT2D eigenvalue weighted by Gasteiger charge is -2.35. The molecule has 0 radical (unpaired) electrons. The van der Waals surface area contributed by atoms with Crippen LogP contribution in [0.5, 0.6) is 0 Å². The van der Waals surface area contributed by atoms with E-state index in [9.17, 15) is 4.79 Å². The maximum atomic E-state index is 12.4. The molecule has 0 aliphatic carbocycles. The Hall–Kier alpha value is -0.770. The third kappa shape index (κ3) is 9.58. The zero-order valence-corrected chi connectivity index (χ0v) is 22.2. The summed E-state index contributed by atoms with van der Waals surface area (Å²) in [5.41, 5.74) is -0.449. The molecule has 2 aliphatic rings. The average Bonchev–Trinajstić information content (AvgIpc) is 2.65. The number of ether oxygens (including phenoxy) is 1. The quantitative estimate of drug-likeness (QED) is 0.318. The number of hydrogen-bond acceptors (Lipinski definition) is 4. The molecule has 7 nitrogen and oxygen atoms in total. The van der Waals surface area contributed by atoms with Crippen LogP contribution in [0.15, 0.2) is 4.99 Å². The van der Waals surface area contributed by atoms with Crippen LogP contribution in [-0.2, 0) is 4.74 Å². The Morgan fingerprint density at radius 1 is 1.17 bits per heavy atom. The van der Waals surface area contributed by atoms with E-state index in [1.54, 1.807) is 0 Å². The van der Waals surface area contributed by atoms with Gasteiger partial charge in [-0.1, -0.05) is 0 Å². The standard InChI is InChI=1S/C22H43N5O2.HI/c1-7-23-20(25-19-10-13-26(14-11-19)17(2)3)24-15-18-9-8-12-27(16-18)21(28)29-22(4,5)6;/h17-19H,7-16H2,1-6H3,(H2,23,24,25);1H. The summed E-state index contributed by atoms with van der Waals surface area (Å²) in [7, 11) is 0. The number of carbonyl (C=O) groups excluding carboxylic acids is 1. The van der Waals surface area contributed by atoms with Crippen molar-refractivity contribution in [2.24, 2.45) is 10.9 Å². The fourth-order valence-electron chi connectivity index (χ4n) is 4.00. The van der Waals surface area contributed by atoms with Gasteiger partial charge < -0.3 is 25.2 Å². The van der Waals surface area contributed by atoms with Gasteiger partial charge in [0.25, 0.3) is 0 Å². The molecule has 0 bridgehead atoms. The van der Waals surface area contributed by atoms with E-state index in [1.807, 2.05) is 25.7 Å². The van der Waals surface area contributed by atoms with Crippen molar-refractivity contribution >= 4 is 36.0 Å². The summed E-state index contributed by atoms with van der Waals surface area (Å²) in [6.45, 7) is 17.8. The van der Waals surface area contributed by atoms with E-state index in [4.69, 9.17) is 9.73 Å². The van der Waals surface area contributed by atoms with Gasteiger partial charge in [-0.05, 0) is 73.1 Å². The zero-order valence-electron chi connectivity index (χ0n) is 19.9. The Morgan fingerprint density at radius 2 is 1.83 bits per heavy atom. The Labute approximate surface area is 200 Å². The fraction of sp³-hybridized carbons (Fsp3) is 0.909. The van der Waals surface area contributed by atoms with Crippen molar-refractivity contribution in [2.45, 2.75) is 84.9 Å². The largest absolute Gasteiger partial charge is 0.444 e. The van der Waals surface area contributed by atoms with Crippen molar-refractivity contribution in [2.75, 3.05) is 39.3 Å². The number of aliphatic imine (C=N–C) groups is 1. The molecule has 1 atom stereocenters. The van der Waals surface area contributed by atoms with Gasteiger partial charge >= 0.3 is 6.09 Å². The topological polar surface area (TPSA) is 69.2 Å². The van der Waals surface area contributed by atoms with Gasteiger partial charge in [-0.15, -0.1) is 24.0 Å². The number of likely N-dealkylation sites (tertiary alicyclic amines) is 2. The first-order valence-electron chi connectivity index (χ1n) is 11.4. The molecule has 2 rings (SSSR count). The molecule has 0 saturated carbocycles. The lowest BCUT2D eigenvalue weighted by Crippen LogP contribution is -2.50. The highest BCUT2D eigenvalue weighted by Gasteiger charge is 2.28. The molecule has 1 amide bonds. The summed E-state index contributed by atoms with van der Waals surface area (Å²) < 4.78 is 5.54. The van der Waals surface area contributed by atoms with Gasteiger partial charge in [-0.2, -0.15) is 0 Å². The third-order valence-corrected chi connectivity index (χ3v) is 5.62. The maximum absolute atomic E-state index is 12.4. The Bertz CT molecular complexity index is 542. The predicted molar refractivity (Wildman–Crippen MR) is 135 cm³/mol.